The van der Waals surface area contributed by atoms with E-state index in [-0.39, 0.29) is 23.7 Å². The summed E-state index contributed by atoms with van der Waals surface area (Å²) < 4.78 is 4.13. The number of amides is 1. The van der Waals surface area contributed by atoms with Gasteiger partial charge in [-0.15, -0.1) is 10.2 Å². The molecule has 0 aliphatic carbocycles. The molecule has 0 unspecified atom stereocenters. The smallest absolute Gasteiger partial charge is 0.297 e. The maximum Gasteiger partial charge on any atom is 0.297 e. The van der Waals surface area contributed by atoms with E-state index in [1.165, 1.54) is 4.57 Å². The summed E-state index contributed by atoms with van der Waals surface area (Å²) in [4.78, 5) is 25.5. The molecule has 2 aromatic heterocycles. The molecule has 0 aliphatic heterocycles. The monoisotopic (exact) mass is 425 g/mol. The molecule has 136 valence electrons. The van der Waals surface area contributed by atoms with E-state index in [4.69, 9.17) is 0 Å². The van der Waals surface area contributed by atoms with Gasteiger partial charge in [0.05, 0.1) is 11.0 Å². The van der Waals surface area contributed by atoms with Crippen molar-refractivity contribution in [3.8, 4) is 0 Å². The van der Waals surface area contributed by atoms with Gasteiger partial charge in [0.25, 0.3) is 5.56 Å². The Bertz CT molecular complexity index is 1210. The van der Waals surface area contributed by atoms with Crippen LogP contribution in [0, 0.1) is 0 Å². The van der Waals surface area contributed by atoms with Gasteiger partial charge in [0, 0.05) is 16.6 Å². The molecule has 0 atom stereocenters. The van der Waals surface area contributed by atoms with Crippen LogP contribution in [0.15, 0.2) is 57.8 Å². The van der Waals surface area contributed by atoms with Crippen LogP contribution in [0.1, 0.15) is 12.7 Å². The molecule has 0 fully saturated rings. The maximum absolute atomic E-state index is 13.0. The van der Waals surface area contributed by atoms with Gasteiger partial charge in [-0.3, -0.25) is 18.6 Å². The number of nitrogens with zero attached hydrogens (tertiary/aromatic N) is 4. The average Bonchev–Trinajstić information content (AvgIpc) is 3.11. The van der Waals surface area contributed by atoms with E-state index in [2.05, 4.69) is 31.4 Å². The van der Waals surface area contributed by atoms with Crippen LogP contribution < -0.4 is 10.9 Å². The number of halogens is 1. The van der Waals surface area contributed by atoms with E-state index in [9.17, 15) is 9.59 Å². The molecule has 27 heavy (non-hydrogen) atoms. The van der Waals surface area contributed by atoms with Gasteiger partial charge in [-0.25, -0.2) is 0 Å². The third-order valence-corrected chi connectivity index (χ3v) is 4.85. The summed E-state index contributed by atoms with van der Waals surface area (Å²) in [5, 5.41) is 11.0. The third-order valence-electron chi connectivity index (χ3n) is 4.33. The number of carbonyl (C=O) groups is 1. The zero-order valence-corrected chi connectivity index (χ0v) is 16.1. The quantitative estimate of drug-likeness (QED) is 0.544. The van der Waals surface area contributed by atoms with E-state index in [0.717, 1.165) is 9.99 Å². The normalized spacial score (nSPS) is 11.2. The number of nitrogens with one attached hydrogen (secondary N) is 1. The molecule has 0 bridgehead atoms. The third kappa shape index (κ3) is 3.12. The number of carbonyl (C=O) groups excluding carboxylic acids is 1. The first-order chi connectivity index (χ1) is 13.1. The fourth-order valence-corrected chi connectivity index (χ4v) is 3.35. The minimum atomic E-state index is -0.341. The van der Waals surface area contributed by atoms with E-state index in [1.807, 2.05) is 43.3 Å². The van der Waals surface area contributed by atoms with Crippen molar-refractivity contribution >= 4 is 44.2 Å². The average molecular weight is 426 g/mol. The number of hydrogen-bond acceptors (Lipinski definition) is 4. The molecule has 1 amide bonds. The Morgan fingerprint density at radius 1 is 1.07 bits per heavy atom. The van der Waals surface area contributed by atoms with Gasteiger partial charge in [-0.05, 0) is 36.4 Å². The van der Waals surface area contributed by atoms with Crippen LogP contribution >= 0.6 is 15.9 Å². The molecule has 0 saturated carbocycles. The van der Waals surface area contributed by atoms with E-state index < -0.39 is 0 Å². The summed E-state index contributed by atoms with van der Waals surface area (Å²) in [6, 6.07) is 14.7. The summed E-state index contributed by atoms with van der Waals surface area (Å²) in [5.74, 6) is 0.425. The topological polar surface area (TPSA) is 81.3 Å². The summed E-state index contributed by atoms with van der Waals surface area (Å²) >= 11 is 3.36. The van der Waals surface area contributed by atoms with Crippen molar-refractivity contribution in [2.24, 2.45) is 0 Å². The molecule has 0 spiro atoms. The highest BCUT2D eigenvalue weighted by Gasteiger charge is 2.17. The summed E-state index contributed by atoms with van der Waals surface area (Å²) in [7, 11) is 0. The van der Waals surface area contributed by atoms with E-state index in [0.29, 0.717) is 23.4 Å². The van der Waals surface area contributed by atoms with Crippen LogP contribution in [-0.4, -0.2) is 25.1 Å². The lowest BCUT2D eigenvalue weighted by Gasteiger charge is -2.12. The second-order valence-electron chi connectivity index (χ2n) is 6.06. The number of anilines is 1. The first kappa shape index (κ1) is 17.4. The van der Waals surface area contributed by atoms with E-state index in [1.54, 1.807) is 16.5 Å². The fourth-order valence-electron chi connectivity index (χ4n) is 3.08. The zero-order valence-electron chi connectivity index (χ0n) is 14.5. The van der Waals surface area contributed by atoms with Crippen molar-refractivity contribution in [1.82, 2.24) is 19.2 Å². The number of aromatic nitrogens is 4. The number of fused-ring (bicyclic) bond motifs is 3. The van der Waals surface area contributed by atoms with Crippen LogP contribution in [0.25, 0.3) is 16.7 Å². The first-order valence-corrected chi connectivity index (χ1v) is 9.28. The molecule has 2 aromatic carbocycles. The van der Waals surface area contributed by atoms with Crippen molar-refractivity contribution in [3.05, 3.63) is 69.2 Å². The van der Waals surface area contributed by atoms with Crippen molar-refractivity contribution in [2.75, 3.05) is 5.32 Å². The molecule has 7 nitrogen and oxygen atoms in total. The number of hydrogen-bond donors (Lipinski definition) is 1. The second-order valence-corrected chi connectivity index (χ2v) is 6.98. The lowest BCUT2D eigenvalue weighted by atomic mass is 10.2. The standard InChI is InChI=1S/C19H16BrN5O2/c1-2-16-22-23-18-19(27)24(14-5-3-4-6-15(14)25(16)18)11-17(26)21-13-9-7-12(20)8-10-13/h3-10H,2,11H2,1H3,(H,21,26). The molecule has 0 radical (unpaired) electrons. The maximum atomic E-state index is 13.0. The van der Waals surface area contributed by atoms with Crippen molar-refractivity contribution in [1.29, 1.82) is 0 Å². The Labute approximate surface area is 162 Å². The number of para-hydroxylation sites is 2. The molecule has 0 saturated heterocycles. The lowest BCUT2D eigenvalue weighted by Crippen LogP contribution is -2.29. The van der Waals surface area contributed by atoms with Gasteiger partial charge < -0.3 is 5.32 Å². The Kier molecular flexibility index (Phi) is 4.49. The van der Waals surface area contributed by atoms with Gasteiger partial charge in [-0.2, -0.15) is 0 Å². The molecular formula is C19H16BrN5O2. The molecular weight excluding hydrogens is 410 g/mol. The Hall–Kier alpha value is -3.00. The molecule has 0 aliphatic rings. The first-order valence-electron chi connectivity index (χ1n) is 8.49. The largest absolute Gasteiger partial charge is 0.325 e. The summed E-state index contributed by atoms with van der Waals surface area (Å²) in [6.07, 6.45) is 0.651. The minimum Gasteiger partial charge on any atom is -0.325 e. The molecule has 1 N–H and O–H groups in total. The van der Waals surface area contributed by atoms with Gasteiger partial charge in [0.15, 0.2) is 0 Å². The Balaban J connectivity index is 1.79. The SMILES string of the molecule is CCc1nnc2c(=O)n(CC(=O)Nc3ccc(Br)cc3)c3ccccc3n12. The highest BCUT2D eigenvalue weighted by atomic mass is 79.9. The fraction of sp³-hybridized carbons (Fsp3) is 0.158. The summed E-state index contributed by atoms with van der Waals surface area (Å²) in [5.41, 5.74) is 2.01. The molecule has 4 rings (SSSR count). The van der Waals surface area contributed by atoms with Crippen molar-refractivity contribution in [2.45, 2.75) is 19.9 Å². The zero-order chi connectivity index (χ0) is 19.0. The Morgan fingerprint density at radius 2 is 1.78 bits per heavy atom. The number of rotatable bonds is 4. The molecule has 8 heteroatoms. The molecule has 4 aromatic rings. The minimum absolute atomic E-state index is 0.111. The number of aryl methyl sites for hydroxylation is 1. The van der Waals surface area contributed by atoms with Gasteiger partial charge in [-0.1, -0.05) is 35.0 Å². The Morgan fingerprint density at radius 3 is 2.48 bits per heavy atom. The van der Waals surface area contributed by atoms with Crippen LogP contribution in [0.4, 0.5) is 5.69 Å². The number of benzene rings is 2. The van der Waals surface area contributed by atoms with Crippen LogP contribution in [0.5, 0.6) is 0 Å². The highest BCUT2D eigenvalue weighted by Crippen LogP contribution is 2.17. The molecule has 2 heterocycles. The van der Waals surface area contributed by atoms with Crippen molar-refractivity contribution in [3.63, 3.8) is 0 Å². The second kappa shape index (κ2) is 6.96. The highest BCUT2D eigenvalue weighted by molar-refractivity contribution is 9.10. The van der Waals surface area contributed by atoms with Gasteiger partial charge >= 0.3 is 0 Å². The van der Waals surface area contributed by atoms with E-state index >= 15 is 0 Å². The van der Waals surface area contributed by atoms with Gasteiger partial charge in [0.2, 0.25) is 11.6 Å². The van der Waals surface area contributed by atoms with Crippen molar-refractivity contribution < 1.29 is 4.79 Å². The predicted octanol–water partition coefficient (Wildman–Crippen LogP) is 3.01. The van der Waals surface area contributed by atoms with Crippen LogP contribution in [0.2, 0.25) is 0 Å². The van der Waals surface area contributed by atoms with Crippen LogP contribution in [-0.2, 0) is 17.8 Å². The summed E-state index contributed by atoms with van der Waals surface area (Å²) in [6.45, 7) is 1.85. The van der Waals surface area contributed by atoms with Crippen LogP contribution in [0.3, 0.4) is 0 Å². The predicted molar refractivity (Wildman–Crippen MR) is 107 cm³/mol. The van der Waals surface area contributed by atoms with Gasteiger partial charge in [0.1, 0.15) is 12.4 Å². The lowest BCUT2D eigenvalue weighted by molar-refractivity contribution is -0.116.